The lowest BCUT2D eigenvalue weighted by atomic mass is 10.7. The Morgan fingerprint density at radius 3 is 2.10 bits per heavy atom. The second kappa shape index (κ2) is 3.50. The fourth-order valence-electron chi connectivity index (χ4n) is 0.199. The van der Waals surface area contributed by atoms with E-state index in [1.165, 1.54) is 0 Å². The smallest absolute Gasteiger partial charge is 0.288 e. The largest absolute Gasteiger partial charge is 0.522 e. The van der Waals surface area contributed by atoms with E-state index in [4.69, 9.17) is 0 Å². The molecular formula is C4H3F5O. The molecule has 0 aromatic carbocycles. The van der Waals surface area contributed by atoms with Crippen molar-refractivity contribution in [2.75, 3.05) is 6.61 Å². The summed E-state index contributed by atoms with van der Waals surface area (Å²) < 4.78 is 58.1. The van der Waals surface area contributed by atoms with Crippen LogP contribution in [-0.2, 0) is 4.74 Å². The lowest BCUT2D eigenvalue weighted by Gasteiger charge is -2.02. The molecule has 0 rings (SSSR count). The van der Waals surface area contributed by atoms with Gasteiger partial charge in [0, 0.05) is 6.08 Å². The monoisotopic (exact) mass is 162 g/mol. The summed E-state index contributed by atoms with van der Waals surface area (Å²) in [5.41, 5.74) is 0. The van der Waals surface area contributed by atoms with E-state index < -0.39 is 19.0 Å². The number of hydrogen-bond donors (Lipinski definition) is 0. The maximum absolute atomic E-state index is 11.0. The van der Waals surface area contributed by atoms with Crippen molar-refractivity contribution in [3.63, 3.8) is 0 Å². The number of halogens is 5. The molecule has 0 aliphatic carbocycles. The first-order valence-corrected chi connectivity index (χ1v) is 2.13. The molecule has 0 aromatic heterocycles. The highest BCUT2D eigenvalue weighted by Gasteiger charge is 2.28. The average molecular weight is 162 g/mol. The van der Waals surface area contributed by atoms with E-state index in [-0.39, 0.29) is 6.08 Å². The summed E-state index contributed by atoms with van der Waals surface area (Å²) in [6, 6.07) is 0. The average Bonchev–Trinajstić information content (AvgIpc) is 1.59. The number of alkyl halides is 3. The highest BCUT2D eigenvalue weighted by molar-refractivity contribution is 4.79. The Hall–Kier alpha value is -0.650. The Kier molecular flexibility index (Phi) is 3.27. The van der Waals surface area contributed by atoms with Gasteiger partial charge in [0.05, 0.1) is 6.61 Å². The number of ether oxygens (including phenoxy) is 1. The first-order valence-electron chi connectivity index (χ1n) is 2.13. The molecule has 0 heterocycles. The second-order valence-electron chi connectivity index (χ2n) is 1.25. The molecule has 0 saturated heterocycles. The molecule has 0 amide bonds. The van der Waals surface area contributed by atoms with Crippen LogP contribution in [0.3, 0.4) is 0 Å². The van der Waals surface area contributed by atoms with Gasteiger partial charge in [-0.15, -0.1) is 13.2 Å². The van der Waals surface area contributed by atoms with Crippen LogP contribution in [0, 0.1) is 0 Å². The SMILES string of the molecule is FC(F)=CCOC(F)(F)F. The summed E-state index contributed by atoms with van der Waals surface area (Å²) in [4.78, 5) is 0. The Morgan fingerprint density at radius 2 is 1.80 bits per heavy atom. The van der Waals surface area contributed by atoms with Crippen molar-refractivity contribution < 1.29 is 26.7 Å². The summed E-state index contributed by atoms with van der Waals surface area (Å²) in [6.07, 6.45) is -7.00. The van der Waals surface area contributed by atoms with Gasteiger partial charge in [-0.05, 0) is 0 Å². The zero-order valence-electron chi connectivity index (χ0n) is 4.58. The van der Waals surface area contributed by atoms with E-state index in [0.717, 1.165) is 0 Å². The van der Waals surface area contributed by atoms with Gasteiger partial charge in [0.1, 0.15) is 0 Å². The van der Waals surface area contributed by atoms with Crippen LogP contribution in [-0.4, -0.2) is 13.0 Å². The van der Waals surface area contributed by atoms with Crippen LogP contribution in [0.25, 0.3) is 0 Å². The van der Waals surface area contributed by atoms with Crippen molar-refractivity contribution >= 4 is 0 Å². The summed E-state index contributed by atoms with van der Waals surface area (Å²) in [7, 11) is 0. The van der Waals surface area contributed by atoms with E-state index in [1.54, 1.807) is 0 Å². The first-order chi connectivity index (χ1) is 4.42. The molecule has 1 nitrogen and oxygen atoms in total. The first kappa shape index (κ1) is 9.35. The Balaban J connectivity index is 3.47. The van der Waals surface area contributed by atoms with Gasteiger partial charge < -0.3 is 0 Å². The molecule has 6 heteroatoms. The van der Waals surface area contributed by atoms with Crippen molar-refractivity contribution in [1.29, 1.82) is 0 Å². The van der Waals surface area contributed by atoms with Gasteiger partial charge in [0.15, 0.2) is 0 Å². The summed E-state index contributed by atoms with van der Waals surface area (Å²) in [5, 5.41) is 0. The third-order valence-electron chi connectivity index (χ3n) is 0.485. The zero-order valence-corrected chi connectivity index (χ0v) is 4.58. The summed E-state index contributed by atoms with van der Waals surface area (Å²) in [6.45, 7) is -1.15. The third kappa shape index (κ3) is 7.35. The minimum absolute atomic E-state index is 0.0352. The van der Waals surface area contributed by atoms with E-state index in [1.807, 2.05) is 0 Å². The minimum atomic E-state index is -4.84. The topological polar surface area (TPSA) is 9.23 Å². The maximum atomic E-state index is 11.0. The van der Waals surface area contributed by atoms with Gasteiger partial charge >= 0.3 is 6.36 Å². The molecule has 0 fully saturated rings. The van der Waals surface area contributed by atoms with Gasteiger partial charge in [-0.3, -0.25) is 4.74 Å². The van der Waals surface area contributed by atoms with Crippen LogP contribution >= 0.6 is 0 Å². The fourth-order valence-corrected chi connectivity index (χ4v) is 0.199. The molecule has 0 saturated carbocycles. The summed E-state index contributed by atoms with van der Waals surface area (Å²) in [5.74, 6) is 0. The normalized spacial score (nSPS) is 11.3. The predicted molar refractivity (Wildman–Crippen MR) is 22.3 cm³/mol. The fraction of sp³-hybridized carbons (Fsp3) is 0.500. The van der Waals surface area contributed by atoms with Gasteiger partial charge in [-0.1, -0.05) is 0 Å². The molecule has 60 valence electrons. The third-order valence-corrected chi connectivity index (χ3v) is 0.485. The highest BCUT2D eigenvalue weighted by atomic mass is 19.4. The highest BCUT2D eigenvalue weighted by Crippen LogP contribution is 2.15. The standard InChI is InChI=1S/C4H3F5O/c5-3(6)1-2-10-4(7,8)9/h1H,2H2. The molecular weight excluding hydrogens is 159 g/mol. The van der Waals surface area contributed by atoms with Crippen molar-refractivity contribution in [3.8, 4) is 0 Å². The summed E-state index contributed by atoms with van der Waals surface area (Å²) >= 11 is 0. The Bertz CT molecular complexity index is 122. The van der Waals surface area contributed by atoms with Crippen molar-refractivity contribution in [3.05, 3.63) is 12.2 Å². The van der Waals surface area contributed by atoms with Crippen molar-refractivity contribution in [1.82, 2.24) is 0 Å². The Labute approximate surface area is 53.1 Å². The zero-order chi connectivity index (χ0) is 8.20. The number of rotatable bonds is 2. The van der Waals surface area contributed by atoms with Crippen LogP contribution in [0.15, 0.2) is 12.2 Å². The lowest BCUT2D eigenvalue weighted by molar-refractivity contribution is -0.319. The van der Waals surface area contributed by atoms with Crippen molar-refractivity contribution in [2.24, 2.45) is 0 Å². The second-order valence-corrected chi connectivity index (χ2v) is 1.25. The molecule has 0 bridgehead atoms. The lowest BCUT2D eigenvalue weighted by Crippen LogP contribution is -2.12. The van der Waals surface area contributed by atoms with Crippen LogP contribution in [0.1, 0.15) is 0 Å². The molecule has 0 radical (unpaired) electrons. The quantitative estimate of drug-likeness (QED) is 0.566. The Morgan fingerprint density at radius 1 is 1.30 bits per heavy atom. The molecule has 0 atom stereocenters. The van der Waals surface area contributed by atoms with E-state index in [9.17, 15) is 22.0 Å². The maximum Gasteiger partial charge on any atom is 0.522 e. The van der Waals surface area contributed by atoms with Gasteiger partial charge in [0.2, 0.25) is 0 Å². The van der Waals surface area contributed by atoms with Crippen LogP contribution in [0.4, 0.5) is 22.0 Å². The van der Waals surface area contributed by atoms with Crippen LogP contribution < -0.4 is 0 Å². The molecule has 0 unspecified atom stereocenters. The predicted octanol–water partition coefficient (Wildman–Crippen LogP) is 2.30. The molecule has 0 aliphatic heterocycles. The van der Waals surface area contributed by atoms with E-state index in [2.05, 4.69) is 4.74 Å². The van der Waals surface area contributed by atoms with Crippen LogP contribution in [0.2, 0.25) is 0 Å². The van der Waals surface area contributed by atoms with Gasteiger partial charge in [-0.2, -0.15) is 8.78 Å². The van der Waals surface area contributed by atoms with E-state index in [0.29, 0.717) is 0 Å². The minimum Gasteiger partial charge on any atom is -0.288 e. The molecule has 10 heavy (non-hydrogen) atoms. The van der Waals surface area contributed by atoms with Gasteiger partial charge in [0.25, 0.3) is 6.08 Å². The van der Waals surface area contributed by atoms with Crippen molar-refractivity contribution in [2.45, 2.75) is 6.36 Å². The van der Waals surface area contributed by atoms with Crippen LogP contribution in [0.5, 0.6) is 0 Å². The molecule has 0 spiro atoms. The molecule has 0 N–H and O–H groups in total. The molecule has 0 aromatic rings. The van der Waals surface area contributed by atoms with Gasteiger partial charge in [-0.25, -0.2) is 0 Å². The van der Waals surface area contributed by atoms with E-state index >= 15 is 0 Å². The molecule has 0 aliphatic rings. The number of hydrogen-bond acceptors (Lipinski definition) is 1.